The van der Waals surface area contributed by atoms with Crippen molar-refractivity contribution >= 4 is 24.0 Å². The molecule has 2 aromatic carbocycles. The maximum absolute atomic E-state index is 14.3. The molecule has 4 amide bonds. The average Bonchev–Trinajstić information content (AvgIpc) is 3.78. The molecule has 4 fully saturated rings. The molecule has 4 aliphatic rings. The van der Waals surface area contributed by atoms with Gasteiger partial charge in [-0.15, -0.1) is 0 Å². The van der Waals surface area contributed by atoms with Crippen molar-refractivity contribution in [1.82, 2.24) is 40.0 Å². The lowest BCUT2D eigenvalue weighted by atomic mass is 9.94. The molecular formula is C48H62N8O6. The van der Waals surface area contributed by atoms with E-state index >= 15 is 0 Å². The minimum absolute atomic E-state index is 0.104. The zero-order valence-electron chi connectivity index (χ0n) is 37.6. The Morgan fingerprint density at radius 2 is 1.13 bits per heavy atom. The molecule has 0 radical (unpaired) electrons. The van der Waals surface area contributed by atoms with E-state index in [1.165, 1.54) is 4.90 Å². The molecular weight excluding hydrogens is 785 g/mol. The number of fused-ring (bicyclic) bond motifs is 2. The van der Waals surface area contributed by atoms with Crippen molar-refractivity contribution in [3.63, 3.8) is 0 Å². The maximum atomic E-state index is 14.3. The van der Waals surface area contributed by atoms with E-state index in [9.17, 15) is 24.3 Å². The number of hydrogen-bond acceptors (Lipinski definition) is 7. The van der Waals surface area contributed by atoms with Gasteiger partial charge in [-0.05, 0) is 113 Å². The standard InChI is InChI=1S/C48H62N8O6/c1-25(2)39(53-45(59)62-48(8,9)10)43(57)54-35-19-31(35)21-37(54)41-49-23-33(51-41)29-15-11-27(12-16-29)28-13-17-30(18-14-28)34-24-50-42(52-34)38-22-32-20-36(32)55(38)44(58)40(26(3)4)56(46(60)61)47(5,6)7/h11-18,23-26,31-32,35-40H,19-22H2,1-10H3,(H,49,51)(H,50,52)(H,53,59)(H,60,61)/t31-,32-,35-,36-,37+,38+,39+,40+/m1/s1. The lowest BCUT2D eigenvalue weighted by Gasteiger charge is -2.43. The van der Waals surface area contributed by atoms with Crippen LogP contribution in [0.2, 0.25) is 0 Å². The number of nitrogens with one attached hydrogen (secondary N) is 3. The summed E-state index contributed by atoms with van der Waals surface area (Å²) in [4.78, 5) is 75.2. The number of aromatic nitrogens is 4. The molecule has 2 aromatic heterocycles. The Hall–Kier alpha value is -5.66. The third-order valence-electron chi connectivity index (χ3n) is 13.0. The van der Waals surface area contributed by atoms with Crippen LogP contribution in [0.3, 0.4) is 0 Å². The fourth-order valence-electron chi connectivity index (χ4n) is 9.80. The van der Waals surface area contributed by atoms with E-state index in [0.29, 0.717) is 11.8 Å². The first-order valence-electron chi connectivity index (χ1n) is 22.2. The summed E-state index contributed by atoms with van der Waals surface area (Å²) < 4.78 is 5.48. The zero-order chi connectivity index (χ0) is 44.6. The summed E-state index contributed by atoms with van der Waals surface area (Å²) in [5, 5.41) is 13.0. The Morgan fingerprint density at radius 3 is 1.52 bits per heavy atom. The van der Waals surface area contributed by atoms with Crippen LogP contribution in [0, 0.1) is 23.7 Å². The number of aromatic amines is 2. The van der Waals surface area contributed by atoms with Crippen molar-refractivity contribution in [1.29, 1.82) is 0 Å². The molecule has 2 aliphatic heterocycles. The van der Waals surface area contributed by atoms with E-state index in [2.05, 4.69) is 63.8 Å². The SMILES string of the molecule is CC(C)[C@H](NC(=O)OC(C)(C)C)C(=O)N1[C@@H]2C[C@@H]2C[C@H]1c1ncc(-c2ccc(-c3ccc(-c4cnc([C@@H]5C[C@H]6C[C@H]6N5C(=O)[C@H](C(C)C)N(C(=O)O)C(C)(C)C)[nH]4)cc3)cc2)[nH]1. The van der Waals surface area contributed by atoms with Crippen molar-refractivity contribution in [3.8, 4) is 33.6 Å². The molecule has 4 aromatic rings. The lowest BCUT2D eigenvalue weighted by molar-refractivity contribution is -0.142. The Kier molecular flexibility index (Phi) is 11.0. The highest BCUT2D eigenvalue weighted by Crippen LogP contribution is 2.55. The van der Waals surface area contributed by atoms with Crippen molar-refractivity contribution in [2.45, 2.75) is 142 Å². The van der Waals surface area contributed by atoms with Gasteiger partial charge in [0, 0.05) is 17.6 Å². The van der Waals surface area contributed by atoms with Crippen LogP contribution >= 0.6 is 0 Å². The van der Waals surface area contributed by atoms with Crippen LogP contribution < -0.4 is 5.32 Å². The number of carbonyl (C=O) groups is 4. The third kappa shape index (κ3) is 8.44. The summed E-state index contributed by atoms with van der Waals surface area (Å²) in [6.07, 6.45) is 5.50. The van der Waals surface area contributed by atoms with Crippen LogP contribution in [-0.2, 0) is 14.3 Å². The van der Waals surface area contributed by atoms with Crippen LogP contribution in [0.25, 0.3) is 33.6 Å². The van der Waals surface area contributed by atoms with Crippen LogP contribution in [0.15, 0.2) is 60.9 Å². The van der Waals surface area contributed by atoms with Crippen molar-refractivity contribution in [2.24, 2.45) is 23.7 Å². The Bertz CT molecular complexity index is 2320. The van der Waals surface area contributed by atoms with Gasteiger partial charge in [0.05, 0.1) is 35.9 Å². The van der Waals surface area contributed by atoms with Gasteiger partial charge in [-0.1, -0.05) is 76.2 Å². The summed E-state index contributed by atoms with van der Waals surface area (Å²) in [6.45, 7) is 18.6. The van der Waals surface area contributed by atoms with Gasteiger partial charge in [-0.2, -0.15) is 0 Å². The molecule has 4 heterocycles. The zero-order valence-corrected chi connectivity index (χ0v) is 37.6. The number of nitrogens with zero attached hydrogens (tertiary/aromatic N) is 5. The van der Waals surface area contributed by atoms with E-state index in [4.69, 9.17) is 14.7 Å². The molecule has 8 rings (SSSR count). The molecule has 330 valence electrons. The van der Waals surface area contributed by atoms with E-state index in [-0.39, 0.29) is 47.8 Å². The topological polar surface area (TPSA) is 177 Å². The minimum atomic E-state index is -1.09. The Balaban J connectivity index is 0.933. The van der Waals surface area contributed by atoms with E-state index < -0.39 is 35.4 Å². The van der Waals surface area contributed by atoms with Gasteiger partial charge in [0.25, 0.3) is 0 Å². The molecule has 0 bridgehead atoms. The molecule has 2 saturated carbocycles. The van der Waals surface area contributed by atoms with Crippen LogP contribution in [-0.4, -0.2) is 99.1 Å². The number of ether oxygens (including phenoxy) is 1. The summed E-state index contributed by atoms with van der Waals surface area (Å²) in [5.41, 5.74) is 4.37. The summed E-state index contributed by atoms with van der Waals surface area (Å²) >= 11 is 0. The predicted molar refractivity (Wildman–Crippen MR) is 235 cm³/mol. The molecule has 0 unspecified atom stereocenters. The smallest absolute Gasteiger partial charge is 0.408 e. The number of hydrogen-bond donors (Lipinski definition) is 4. The molecule has 0 spiro atoms. The van der Waals surface area contributed by atoms with E-state index in [1.807, 2.05) is 70.7 Å². The highest BCUT2D eigenvalue weighted by molar-refractivity contribution is 5.88. The highest BCUT2D eigenvalue weighted by Gasteiger charge is 2.58. The van der Waals surface area contributed by atoms with Gasteiger partial charge >= 0.3 is 12.2 Å². The Morgan fingerprint density at radius 1 is 0.694 bits per heavy atom. The molecule has 14 heteroatoms. The average molecular weight is 847 g/mol. The highest BCUT2D eigenvalue weighted by atomic mass is 16.6. The Labute approximate surface area is 364 Å². The first kappa shape index (κ1) is 43.0. The monoisotopic (exact) mass is 846 g/mol. The number of carbonyl (C=O) groups excluding carboxylic acids is 3. The quantitative estimate of drug-likeness (QED) is 0.116. The number of H-pyrrole nitrogens is 2. The summed E-state index contributed by atoms with van der Waals surface area (Å²) in [7, 11) is 0. The molecule has 2 saturated heterocycles. The van der Waals surface area contributed by atoms with E-state index in [1.54, 1.807) is 20.8 Å². The number of rotatable bonds is 11. The van der Waals surface area contributed by atoms with Crippen LogP contribution in [0.4, 0.5) is 9.59 Å². The first-order chi connectivity index (χ1) is 29.2. The second-order valence-corrected chi connectivity index (χ2v) is 20.5. The maximum Gasteiger partial charge on any atom is 0.408 e. The first-order valence-corrected chi connectivity index (χ1v) is 22.2. The van der Waals surface area contributed by atoms with Crippen LogP contribution in [0.5, 0.6) is 0 Å². The van der Waals surface area contributed by atoms with Crippen molar-refractivity contribution in [2.75, 3.05) is 0 Å². The summed E-state index contributed by atoms with van der Waals surface area (Å²) in [6, 6.07) is 14.9. The molecule has 2 aliphatic carbocycles. The number of amides is 4. The third-order valence-corrected chi connectivity index (χ3v) is 13.0. The number of alkyl carbamates (subject to hydrolysis) is 1. The predicted octanol–water partition coefficient (Wildman–Crippen LogP) is 8.81. The fourth-order valence-corrected chi connectivity index (χ4v) is 9.80. The van der Waals surface area contributed by atoms with Gasteiger partial charge in [0.15, 0.2) is 0 Å². The molecule has 8 atom stereocenters. The van der Waals surface area contributed by atoms with Crippen molar-refractivity contribution < 1.29 is 29.0 Å². The number of carboxylic acid groups (broad SMARTS) is 1. The number of benzene rings is 2. The fraction of sp³-hybridized carbons (Fsp3) is 0.542. The molecule has 62 heavy (non-hydrogen) atoms. The van der Waals surface area contributed by atoms with Gasteiger partial charge in [-0.3, -0.25) is 14.5 Å². The molecule has 4 N–H and O–H groups in total. The minimum Gasteiger partial charge on any atom is -0.465 e. The lowest BCUT2D eigenvalue weighted by Crippen LogP contribution is -2.59. The molecule has 14 nitrogen and oxygen atoms in total. The van der Waals surface area contributed by atoms with Crippen molar-refractivity contribution in [3.05, 3.63) is 72.6 Å². The van der Waals surface area contributed by atoms with Gasteiger partial charge in [-0.25, -0.2) is 19.6 Å². The second-order valence-electron chi connectivity index (χ2n) is 20.5. The second kappa shape index (κ2) is 15.9. The largest absolute Gasteiger partial charge is 0.465 e. The summed E-state index contributed by atoms with van der Waals surface area (Å²) in [5.74, 6) is 1.73. The van der Waals surface area contributed by atoms with E-state index in [0.717, 1.165) is 71.0 Å². The van der Waals surface area contributed by atoms with Gasteiger partial charge in [0.2, 0.25) is 11.8 Å². The van der Waals surface area contributed by atoms with Gasteiger partial charge in [0.1, 0.15) is 29.3 Å². The normalized spacial score (nSPS) is 23.8. The van der Waals surface area contributed by atoms with Gasteiger partial charge < -0.3 is 34.9 Å². The number of piperidine rings is 2. The van der Waals surface area contributed by atoms with Crippen LogP contribution in [0.1, 0.15) is 119 Å². The number of likely N-dealkylation sites (tertiary alicyclic amines) is 2. The number of imidazole rings is 2.